The van der Waals surface area contributed by atoms with Crippen LogP contribution in [0.15, 0.2) is 48.5 Å². The molecule has 5 unspecified atom stereocenters. The summed E-state index contributed by atoms with van der Waals surface area (Å²) in [6.45, 7) is 5.53. The molecule has 4 bridgehead atoms. The monoisotopic (exact) mass is 447 g/mol. The third-order valence-corrected chi connectivity index (χ3v) is 8.45. The summed E-state index contributed by atoms with van der Waals surface area (Å²) in [5, 5.41) is 0. The number of fused-ring (bicyclic) bond motifs is 2. The smallest absolute Gasteiger partial charge is 0.253 e. The molecule has 5 atom stereocenters. The Labute approximate surface area is 198 Å². The van der Waals surface area contributed by atoms with E-state index in [2.05, 4.69) is 47.2 Å². The molecule has 0 saturated carbocycles. The van der Waals surface area contributed by atoms with Crippen LogP contribution in [0.3, 0.4) is 0 Å². The van der Waals surface area contributed by atoms with E-state index < -0.39 is 0 Å². The number of ether oxygens (including phenoxy) is 1. The zero-order valence-electron chi connectivity index (χ0n) is 20.4. The highest BCUT2D eigenvalue weighted by atomic mass is 16.5. The molecule has 0 radical (unpaired) electrons. The lowest BCUT2D eigenvalue weighted by atomic mass is 9.70. The van der Waals surface area contributed by atoms with Gasteiger partial charge in [-0.3, -0.25) is 14.6 Å². The second kappa shape index (κ2) is 9.11. The number of amides is 1. The molecule has 0 spiro atoms. The van der Waals surface area contributed by atoms with Gasteiger partial charge in [-0.25, -0.2) is 0 Å². The van der Waals surface area contributed by atoms with Gasteiger partial charge in [0.25, 0.3) is 5.91 Å². The van der Waals surface area contributed by atoms with Crippen LogP contribution in [-0.2, 0) is 0 Å². The fraction of sp³-hybridized carbons (Fsp3) is 0.536. The fourth-order valence-electron chi connectivity index (χ4n) is 6.82. The Morgan fingerprint density at radius 1 is 0.939 bits per heavy atom. The minimum Gasteiger partial charge on any atom is -0.497 e. The van der Waals surface area contributed by atoms with Crippen LogP contribution in [0.5, 0.6) is 5.75 Å². The Kier molecular flexibility index (Phi) is 6.19. The van der Waals surface area contributed by atoms with Crippen molar-refractivity contribution in [2.24, 2.45) is 0 Å². The van der Waals surface area contributed by atoms with E-state index in [4.69, 9.17) is 4.74 Å². The van der Waals surface area contributed by atoms with E-state index in [-0.39, 0.29) is 11.9 Å². The zero-order chi connectivity index (χ0) is 23.1. The Bertz CT molecular complexity index is 967. The van der Waals surface area contributed by atoms with Gasteiger partial charge >= 0.3 is 0 Å². The van der Waals surface area contributed by atoms with Crippen molar-refractivity contribution in [3.05, 3.63) is 65.2 Å². The number of benzene rings is 2. The van der Waals surface area contributed by atoms with Crippen molar-refractivity contribution < 1.29 is 9.53 Å². The van der Waals surface area contributed by atoms with Gasteiger partial charge in [0, 0.05) is 42.8 Å². The number of rotatable bonds is 7. The second-order valence-corrected chi connectivity index (χ2v) is 9.82. The van der Waals surface area contributed by atoms with Crippen molar-refractivity contribution in [3.8, 4) is 5.75 Å². The first-order chi connectivity index (χ1) is 16.1. The van der Waals surface area contributed by atoms with Crippen molar-refractivity contribution in [3.63, 3.8) is 0 Å². The summed E-state index contributed by atoms with van der Waals surface area (Å²) in [5.74, 6) is 1.01. The van der Waals surface area contributed by atoms with Gasteiger partial charge in [-0.1, -0.05) is 24.3 Å². The van der Waals surface area contributed by atoms with E-state index in [0.29, 0.717) is 24.2 Å². The molecule has 0 aromatic heterocycles. The largest absolute Gasteiger partial charge is 0.497 e. The summed E-state index contributed by atoms with van der Waals surface area (Å²) in [6.07, 6.45) is 5.16. The van der Waals surface area contributed by atoms with Crippen LogP contribution < -0.4 is 4.74 Å². The van der Waals surface area contributed by atoms with Gasteiger partial charge in [-0.05, 0) is 82.0 Å². The van der Waals surface area contributed by atoms with Gasteiger partial charge in [-0.2, -0.15) is 0 Å². The summed E-state index contributed by atoms with van der Waals surface area (Å²) in [6, 6.07) is 19.6. The molecule has 5 heteroatoms. The number of piperazine rings is 1. The van der Waals surface area contributed by atoms with Crippen LogP contribution >= 0.6 is 0 Å². The first-order valence-electron chi connectivity index (χ1n) is 12.6. The van der Waals surface area contributed by atoms with Gasteiger partial charge in [0.15, 0.2) is 0 Å². The Hall–Kier alpha value is -2.37. The van der Waals surface area contributed by atoms with Crippen LogP contribution in [0.25, 0.3) is 0 Å². The number of carbonyl (C=O) groups is 1. The van der Waals surface area contributed by atoms with Crippen LogP contribution in [0.1, 0.15) is 67.1 Å². The first-order valence-corrected chi connectivity index (χ1v) is 12.6. The van der Waals surface area contributed by atoms with Crippen LogP contribution in [0, 0.1) is 0 Å². The number of hydrogen-bond acceptors (Lipinski definition) is 4. The summed E-state index contributed by atoms with van der Waals surface area (Å²) in [7, 11) is 4.07. The van der Waals surface area contributed by atoms with E-state index in [1.807, 2.05) is 36.9 Å². The molecule has 176 valence electrons. The van der Waals surface area contributed by atoms with Crippen molar-refractivity contribution in [2.75, 3.05) is 27.2 Å². The van der Waals surface area contributed by atoms with E-state index >= 15 is 0 Å². The van der Waals surface area contributed by atoms with E-state index in [9.17, 15) is 4.79 Å². The summed E-state index contributed by atoms with van der Waals surface area (Å²) >= 11 is 0. The molecule has 2 aromatic carbocycles. The van der Waals surface area contributed by atoms with Crippen molar-refractivity contribution in [1.82, 2.24) is 14.7 Å². The minimum atomic E-state index is 0.113. The van der Waals surface area contributed by atoms with Gasteiger partial charge < -0.3 is 9.64 Å². The molecule has 5 saturated heterocycles. The minimum absolute atomic E-state index is 0.113. The zero-order valence-corrected chi connectivity index (χ0v) is 20.4. The SMILES string of the molecule is CCN(CC)C(=O)c1ccc(C(c2cccc(OC)c2)N2C3CCC4C2CCC3N4C)cc1. The molecular formula is C28H37N3O2. The highest BCUT2D eigenvalue weighted by Gasteiger charge is 2.55. The maximum absolute atomic E-state index is 12.9. The first kappa shape index (κ1) is 22.4. The molecule has 5 aliphatic heterocycles. The quantitative estimate of drug-likeness (QED) is 0.623. The lowest BCUT2D eigenvalue weighted by Crippen LogP contribution is -2.74. The van der Waals surface area contributed by atoms with Crippen LogP contribution in [0.4, 0.5) is 0 Å². The molecule has 33 heavy (non-hydrogen) atoms. The standard InChI is InChI=1S/C28H37N3O2/c1-5-30(6-2)28(32)20-12-10-19(11-13-20)27(21-8-7-9-22(18-21)33-4)31-25-16-14-23-26(31)17-15-24(25)29(23)3/h7-13,18,23-27H,5-6,14-17H2,1-4H3. The molecule has 5 fully saturated rings. The highest BCUT2D eigenvalue weighted by molar-refractivity contribution is 5.94. The van der Waals surface area contributed by atoms with Crippen LogP contribution in [0.2, 0.25) is 0 Å². The average Bonchev–Trinajstić information content (AvgIpc) is 2.85. The number of piperidine rings is 4. The number of carbonyl (C=O) groups excluding carboxylic acids is 1. The topological polar surface area (TPSA) is 36.0 Å². The van der Waals surface area contributed by atoms with Crippen LogP contribution in [-0.4, -0.2) is 72.0 Å². The van der Waals surface area contributed by atoms with E-state index in [0.717, 1.165) is 24.4 Å². The lowest BCUT2D eigenvalue weighted by molar-refractivity contribution is -0.145. The van der Waals surface area contributed by atoms with Gasteiger partial charge in [0.2, 0.25) is 0 Å². The summed E-state index contributed by atoms with van der Waals surface area (Å²) in [5.41, 5.74) is 3.31. The number of methoxy groups -OCH3 is 1. The lowest BCUT2D eigenvalue weighted by Gasteiger charge is -2.65. The van der Waals surface area contributed by atoms with E-state index in [1.54, 1.807) is 7.11 Å². The van der Waals surface area contributed by atoms with Gasteiger partial charge in [-0.15, -0.1) is 0 Å². The maximum atomic E-state index is 12.9. The van der Waals surface area contributed by atoms with Crippen molar-refractivity contribution in [2.45, 2.75) is 69.7 Å². The highest BCUT2D eigenvalue weighted by Crippen LogP contribution is 2.50. The molecule has 5 heterocycles. The summed E-state index contributed by atoms with van der Waals surface area (Å²) < 4.78 is 5.59. The summed E-state index contributed by atoms with van der Waals surface area (Å²) in [4.78, 5) is 20.2. The molecule has 1 amide bonds. The third kappa shape index (κ3) is 3.75. The maximum Gasteiger partial charge on any atom is 0.253 e. The predicted octanol–water partition coefficient (Wildman–Crippen LogP) is 4.58. The predicted molar refractivity (Wildman–Crippen MR) is 132 cm³/mol. The molecule has 0 N–H and O–H groups in total. The normalized spacial score (nSPS) is 27.5. The Morgan fingerprint density at radius 2 is 1.55 bits per heavy atom. The number of hydrogen-bond donors (Lipinski definition) is 0. The molecule has 0 aliphatic carbocycles. The second-order valence-electron chi connectivity index (χ2n) is 9.82. The van der Waals surface area contributed by atoms with Crippen molar-refractivity contribution >= 4 is 5.91 Å². The Morgan fingerprint density at radius 3 is 2.12 bits per heavy atom. The van der Waals surface area contributed by atoms with Gasteiger partial charge in [0.05, 0.1) is 13.2 Å². The molecule has 2 aromatic rings. The Balaban J connectivity index is 1.54. The molecular weight excluding hydrogens is 410 g/mol. The average molecular weight is 448 g/mol. The molecule has 5 aliphatic rings. The van der Waals surface area contributed by atoms with Crippen molar-refractivity contribution in [1.29, 1.82) is 0 Å². The number of likely N-dealkylation sites (N-methyl/N-ethyl adjacent to an activating group) is 1. The van der Waals surface area contributed by atoms with Gasteiger partial charge in [0.1, 0.15) is 5.75 Å². The van der Waals surface area contributed by atoms with E-state index in [1.165, 1.54) is 36.8 Å². The third-order valence-electron chi connectivity index (χ3n) is 8.45. The molecule has 7 rings (SSSR count). The fourth-order valence-corrected chi connectivity index (χ4v) is 6.82. The number of nitrogens with zero attached hydrogens (tertiary/aromatic N) is 3. The molecule has 5 nitrogen and oxygen atoms in total.